The van der Waals surface area contributed by atoms with E-state index in [9.17, 15) is 19.0 Å². The number of rotatable bonds is 45. The second-order valence-corrected chi connectivity index (χ2v) is 19.3. The molecule has 0 spiro atoms. The number of phosphoric acid groups is 1. The molecule has 9 nitrogen and oxygen atoms in total. The molecule has 10 heteroatoms. The Morgan fingerprint density at radius 1 is 0.508 bits per heavy atom. The third kappa shape index (κ3) is 47.3. The van der Waals surface area contributed by atoms with Gasteiger partial charge in [0, 0.05) is 12.8 Å². The monoisotopic (exact) mass is 881 g/mol. The van der Waals surface area contributed by atoms with Crippen molar-refractivity contribution >= 4 is 19.8 Å². The number of allylic oxidation sites excluding steroid dienone is 8. The Morgan fingerprint density at radius 2 is 0.934 bits per heavy atom. The summed E-state index contributed by atoms with van der Waals surface area (Å²) < 4.78 is 34.3. The highest BCUT2D eigenvalue weighted by Gasteiger charge is 2.27. The van der Waals surface area contributed by atoms with Gasteiger partial charge in [-0.05, 0) is 70.6 Å². The molecule has 0 rings (SSSR count). The van der Waals surface area contributed by atoms with Crippen molar-refractivity contribution in [2.24, 2.45) is 0 Å². The Morgan fingerprint density at radius 3 is 1.46 bits per heavy atom. The molecule has 0 bridgehead atoms. The lowest BCUT2D eigenvalue weighted by atomic mass is 10.0. The van der Waals surface area contributed by atoms with Crippen molar-refractivity contribution in [2.45, 2.75) is 219 Å². The Labute approximate surface area is 375 Å². The van der Waals surface area contributed by atoms with Gasteiger partial charge in [0.15, 0.2) is 6.10 Å². The summed E-state index contributed by atoms with van der Waals surface area (Å²) in [7, 11) is 1.45. The number of phosphoric ester groups is 1. The largest absolute Gasteiger partial charge is 0.472 e. The highest BCUT2D eigenvalue weighted by molar-refractivity contribution is 7.47. The van der Waals surface area contributed by atoms with E-state index in [1.54, 1.807) is 0 Å². The Hall–Kier alpha value is -2.03. The summed E-state index contributed by atoms with van der Waals surface area (Å²) in [4.78, 5) is 35.4. The van der Waals surface area contributed by atoms with Gasteiger partial charge in [-0.1, -0.05) is 178 Å². The zero-order chi connectivity index (χ0) is 45.0. The minimum Gasteiger partial charge on any atom is -0.462 e. The number of carbonyl (C=O) groups excluding carboxylic acids is 2. The molecule has 61 heavy (non-hydrogen) atoms. The summed E-state index contributed by atoms with van der Waals surface area (Å²) in [5, 5.41) is 0. The fourth-order valence-corrected chi connectivity index (χ4v) is 7.38. The van der Waals surface area contributed by atoms with Gasteiger partial charge in [-0.15, -0.1) is 0 Å². The third-order valence-corrected chi connectivity index (χ3v) is 11.5. The van der Waals surface area contributed by atoms with Gasteiger partial charge in [-0.3, -0.25) is 18.6 Å². The van der Waals surface area contributed by atoms with Gasteiger partial charge < -0.3 is 18.9 Å². The number of hydrogen-bond donors (Lipinski definition) is 1. The quantitative estimate of drug-likeness (QED) is 0.0212. The minimum absolute atomic E-state index is 0.0220. The Bertz CT molecular complexity index is 1180. The summed E-state index contributed by atoms with van der Waals surface area (Å²) in [5.74, 6) is -0.862. The highest BCUT2D eigenvalue weighted by Crippen LogP contribution is 2.43. The summed E-state index contributed by atoms with van der Waals surface area (Å²) in [5.41, 5.74) is 0. The molecule has 0 heterocycles. The summed E-state index contributed by atoms with van der Waals surface area (Å²) >= 11 is 0. The highest BCUT2D eigenvalue weighted by atomic mass is 31.2. The second kappa shape index (κ2) is 43.2. The van der Waals surface area contributed by atoms with Crippen LogP contribution in [0, 0.1) is 0 Å². The maximum absolute atomic E-state index is 12.7. The van der Waals surface area contributed by atoms with Gasteiger partial charge in [-0.2, -0.15) is 0 Å². The van der Waals surface area contributed by atoms with Crippen LogP contribution < -0.4 is 0 Å². The van der Waals surface area contributed by atoms with Crippen LogP contribution in [0.1, 0.15) is 213 Å². The molecule has 2 atom stereocenters. The Kier molecular flexibility index (Phi) is 41.8. The number of quaternary nitrogens is 1. The van der Waals surface area contributed by atoms with Crippen LogP contribution in [0.3, 0.4) is 0 Å². The SMILES string of the molecule is CCCC/C=C/C/C=C/CCCCCCCC(=O)O[C@@H](COC(=O)CCC/C=C/CC/C=C/CCCCCCCCCCCCCCCC)COP(=O)(O)OCC[N+](C)(C)C. The van der Waals surface area contributed by atoms with Crippen molar-refractivity contribution in [3.63, 3.8) is 0 Å². The maximum atomic E-state index is 12.7. The molecule has 0 aromatic heterocycles. The van der Waals surface area contributed by atoms with Gasteiger partial charge in [-0.25, -0.2) is 4.57 Å². The standard InChI is InChI=1S/C51H94NO8P/c1-6-8-10-12-14-16-18-20-22-23-24-25-26-27-28-29-30-32-33-35-37-39-41-43-50(53)57-47-49(48-59-61(55,56)58-46-45-52(3,4)5)60-51(54)44-42-40-38-36-34-31-21-19-17-15-13-11-9-7-2/h13,15,19,21,29-30,35,37,49H,6-12,14,16-18,20,22-28,31-34,36,38-48H2,1-5H3/p+1/b15-13+,21-19+,30-29+,37-35+/t49-/m0/s1. The lowest BCUT2D eigenvalue weighted by molar-refractivity contribution is -0.870. The summed E-state index contributed by atoms with van der Waals surface area (Å²) in [6.45, 7) is 4.34. The van der Waals surface area contributed by atoms with E-state index in [4.69, 9.17) is 18.5 Å². The molecule has 0 aromatic rings. The average molecular weight is 881 g/mol. The first-order chi connectivity index (χ1) is 29.5. The maximum Gasteiger partial charge on any atom is 0.472 e. The van der Waals surface area contributed by atoms with Crippen LogP contribution in [0.15, 0.2) is 48.6 Å². The normalized spacial score (nSPS) is 13.9. The summed E-state index contributed by atoms with van der Waals surface area (Å²) in [6.07, 6.45) is 51.8. The molecule has 0 aromatic carbocycles. The molecule has 0 aliphatic carbocycles. The lowest BCUT2D eigenvalue weighted by Crippen LogP contribution is -2.37. The van der Waals surface area contributed by atoms with Crippen LogP contribution in [0.25, 0.3) is 0 Å². The molecular formula is C51H95NO8P+. The molecule has 0 amide bonds. The molecular weight excluding hydrogens is 786 g/mol. The van der Waals surface area contributed by atoms with E-state index >= 15 is 0 Å². The first-order valence-electron chi connectivity index (χ1n) is 24.9. The van der Waals surface area contributed by atoms with Crippen molar-refractivity contribution in [3.8, 4) is 0 Å². The number of ether oxygens (including phenoxy) is 2. The van der Waals surface area contributed by atoms with Gasteiger partial charge in [0.2, 0.25) is 0 Å². The first-order valence-corrected chi connectivity index (χ1v) is 26.4. The predicted molar refractivity (Wildman–Crippen MR) is 257 cm³/mol. The van der Waals surface area contributed by atoms with Crippen LogP contribution in [-0.2, 0) is 32.7 Å². The fraction of sp³-hybridized carbons (Fsp3) is 0.804. The number of carbonyl (C=O) groups is 2. The number of nitrogens with zero attached hydrogens (tertiary/aromatic N) is 1. The van der Waals surface area contributed by atoms with E-state index < -0.39 is 32.5 Å². The van der Waals surface area contributed by atoms with Crippen molar-refractivity contribution in [1.82, 2.24) is 0 Å². The van der Waals surface area contributed by atoms with Gasteiger partial charge in [0.1, 0.15) is 19.8 Å². The topological polar surface area (TPSA) is 108 Å². The number of esters is 2. The molecule has 0 aliphatic rings. The third-order valence-electron chi connectivity index (χ3n) is 10.6. The van der Waals surface area contributed by atoms with E-state index in [2.05, 4.69) is 62.5 Å². The van der Waals surface area contributed by atoms with E-state index in [0.717, 1.165) is 70.6 Å². The molecule has 0 saturated carbocycles. The zero-order valence-electron chi connectivity index (χ0n) is 40.1. The van der Waals surface area contributed by atoms with Crippen LogP contribution in [0.2, 0.25) is 0 Å². The van der Waals surface area contributed by atoms with E-state index in [-0.39, 0.29) is 26.1 Å². The number of likely N-dealkylation sites (N-methyl/N-ethyl adjacent to an activating group) is 1. The molecule has 0 saturated heterocycles. The first kappa shape index (κ1) is 59.0. The van der Waals surface area contributed by atoms with E-state index in [1.807, 2.05) is 21.1 Å². The minimum atomic E-state index is -4.39. The van der Waals surface area contributed by atoms with E-state index in [0.29, 0.717) is 23.9 Å². The zero-order valence-corrected chi connectivity index (χ0v) is 41.0. The Balaban J connectivity index is 4.29. The van der Waals surface area contributed by atoms with Gasteiger partial charge >= 0.3 is 19.8 Å². The lowest BCUT2D eigenvalue weighted by Gasteiger charge is -2.24. The van der Waals surface area contributed by atoms with Gasteiger partial charge in [0.25, 0.3) is 0 Å². The van der Waals surface area contributed by atoms with Crippen molar-refractivity contribution in [3.05, 3.63) is 48.6 Å². The molecule has 356 valence electrons. The molecule has 0 aliphatic heterocycles. The van der Waals surface area contributed by atoms with Crippen LogP contribution in [-0.4, -0.2) is 74.9 Å². The van der Waals surface area contributed by atoms with Crippen molar-refractivity contribution < 1.29 is 42.1 Å². The summed E-state index contributed by atoms with van der Waals surface area (Å²) in [6, 6.07) is 0. The van der Waals surface area contributed by atoms with Crippen LogP contribution in [0.5, 0.6) is 0 Å². The van der Waals surface area contributed by atoms with Crippen molar-refractivity contribution in [1.29, 1.82) is 0 Å². The number of unbranched alkanes of at least 4 members (excludes halogenated alkanes) is 23. The average Bonchev–Trinajstić information content (AvgIpc) is 3.21. The number of hydrogen-bond acceptors (Lipinski definition) is 7. The second-order valence-electron chi connectivity index (χ2n) is 17.8. The van der Waals surface area contributed by atoms with Gasteiger partial charge in [0.05, 0.1) is 27.7 Å². The molecule has 1 N–H and O–H groups in total. The molecule has 1 unspecified atom stereocenters. The molecule has 0 fully saturated rings. The molecule has 0 radical (unpaired) electrons. The van der Waals surface area contributed by atoms with Crippen LogP contribution in [0.4, 0.5) is 0 Å². The fourth-order valence-electron chi connectivity index (χ4n) is 6.64. The predicted octanol–water partition coefficient (Wildman–Crippen LogP) is 14.6. The van der Waals surface area contributed by atoms with Crippen LogP contribution >= 0.6 is 7.82 Å². The smallest absolute Gasteiger partial charge is 0.462 e. The van der Waals surface area contributed by atoms with E-state index in [1.165, 1.54) is 103 Å². The van der Waals surface area contributed by atoms with Crippen molar-refractivity contribution in [2.75, 3.05) is 47.5 Å².